The predicted octanol–water partition coefficient (Wildman–Crippen LogP) is 6.28. The van der Waals surface area contributed by atoms with Crippen LogP contribution in [0.3, 0.4) is 0 Å². The van der Waals surface area contributed by atoms with Crippen LogP contribution in [0.25, 0.3) is 0 Å². The van der Waals surface area contributed by atoms with Crippen molar-refractivity contribution in [3.8, 4) is 11.5 Å². The fourth-order valence-electron chi connectivity index (χ4n) is 5.38. The maximum atomic E-state index is 13.5. The molecule has 218 valence electrons. The Morgan fingerprint density at radius 2 is 1.80 bits per heavy atom. The van der Waals surface area contributed by atoms with Crippen LogP contribution in [0.4, 0.5) is 0 Å². The molecule has 0 bridgehead atoms. The zero-order chi connectivity index (χ0) is 28.4. The van der Waals surface area contributed by atoms with E-state index in [0.717, 1.165) is 47.5 Å². The van der Waals surface area contributed by atoms with Crippen molar-refractivity contribution in [2.24, 2.45) is 5.92 Å². The minimum atomic E-state index is -0.742. The number of aliphatic hydroxyl groups is 1. The van der Waals surface area contributed by atoms with Crippen molar-refractivity contribution in [1.82, 2.24) is 15.5 Å². The molecule has 0 aromatic heterocycles. The van der Waals surface area contributed by atoms with Crippen LogP contribution in [-0.4, -0.2) is 56.8 Å². The van der Waals surface area contributed by atoms with Crippen molar-refractivity contribution < 1.29 is 14.6 Å². The van der Waals surface area contributed by atoms with Gasteiger partial charge in [0.2, 0.25) is 5.91 Å². The number of hydrogen-bond donors (Lipinski definition) is 3. The van der Waals surface area contributed by atoms with Gasteiger partial charge >= 0.3 is 0 Å². The van der Waals surface area contributed by atoms with Gasteiger partial charge in [0.05, 0.1) is 22.7 Å². The Balaban J connectivity index is 1.34. The molecule has 1 aliphatic carbocycles. The fourth-order valence-corrected chi connectivity index (χ4v) is 6.87. The average molecular weight is 584 g/mol. The number of hydrogen-bond acceptors (Lipinski definition) is 6. The normalized spacial score (nSPS) is 19.2. The standard InChI is InChI=1S/C32H45N3O3S2/c1-32(2,37)19-20-35-23-40-22-29(35)30(36)34-28(18-15-24-9-5-3-6-10-24)31(39)33-21-25-13-16-27(17-14-25)38-26-11-7-4-8-12-26/h4,7-8,11-14,16-17,24,28-29,37H,3,5-6,9-10,15,18-23H2,1-2H3,(H,33,39)(H,34,36)/t28-,29+/m1/s1. The van der Waals surface area contributed by atoms with Gasteiger partial charge in [-0.1, -0.05) is 74.7 Å². The van der Waals surface area contributed by atoms with E-state index in [1.165, 1.54) is 32.1 Å². The summed E-state index contributed by atoms with van der Waals surface area (Å²) in [5.74, 6) is 3.95. The highest BCUT2D eigenvalue weighted by molar-refractivity contribution is 7.99. The Morgan fingerprint density at radius 3 is 2.50 bits per heavy atom. The second kappa shape index (κ2) is 15.2. The topological polar surface area (TPSA) is 73.8 Å². The number of carbonyl (C=O) groups excluding carboxylic acids is 1. The van der Waals surface area contributed by atoms with Crippen molar-refractivity contribution in [3.05, 3.63) is 60.2 Å². The lowest BCUT2D eigenvalue weighted by Gasteiger charge is -2.29. The van der Waals surface area contributed by atoms with Gasteiger partial charge in [0.1, 0.15) is 11.5 Å². The van der Waals surface area contributed by atoms with Crippen LogP contribution < -0.4 is 15.4 Å². The molecule has 40 heavy (non-hydrogen) atoms. The van der Waals surface area contributed by atoms with Crippen LogP contribution in [0, 0.1) is 5.92 Å². The maximum Gasteiger partial charge on any atom is 0.238 e. The van der Waals surface area contributed by atoms with Crippen LogP contribution in [0.2, 0.25) is 0 Å². The van der Waals surface area contributed by atoms with Gasteiger partial charge in [-0.15, -0.1) is 11.8 Å². The second-order valence-electron chi connectivity index (χ2n) is 11.8. The van der Waals surface area contributed by atoms with E-state index in [2.05, 4.69) is 15.5 Å². The van der Waals surface area contributed by atoms with Crippen LogP contribution in [-0.2, 0) is 11.3 Å². The predicted molar refractivity (Wildman–Crippen MR) is 169 cm³/mol. The van der Waals surface area contributed by atoms with Gasteiger partial charge in [0, 0.05) is 24.7 Å². The average Bonchev–Trinajstić information content (AvgIpc) is 3.43. The summed E-state index contributed by atoms with van der Waals surface area (Å²) in [4.78, 5) is 16.4. The SMILES string of the molecule is CC(C)(O)CCN1CSC[C@H]1C(=O)N[C@H](CCC1CCCCC1)C(=S)NCc1ccc(Oc2ccccc2)cc1. The molecule has 0 spiro atoms. The van der Waals surface area contributed by atoms with Crippen molar-refractivity contribution in [2.45, 2.75) is 89.4 Å². The van der Waals surface area contributed by atoms with E-state index in [1.54, 1.807) is 11.8 Å². The number of amides is 1. The molecule has 0 unspecified atom stereocenters. The van der Waals surface area contributed by atoms with Gasteiger partial charge in [0.25, 0.3) is 0 Å². The minimum absolute atomic E-state index is 0.0425. The van der Waals surface area contributed by atoms with Crippen molar-refractivity contribution in [3.63, 3.8) is 0 Å². The Kier molecular flexibility index (Phi) is 11.7. The van der Waals surface area contributed by atoms with Crippen LogP contribution >= 0.6 is 24.0 Å². The first-order chi connectivity index (χ1) is 19.3. The summed E-state index contributed by atoms with van der Waals surface area (Å²) < 4.78 is 5.91. The number of thiocarbonyl (C=S) groups is 1. The summed E-state index contributed by atoms with van der Waals surface area (Å²) in [6.45, 7) is 4.94. The number of rotatable bonds is 13. The highest BCUT2D eigenvalue weighted by Gasteiger charge is 2.33. The molecular formula is C32H45N3O3S2. The molecule has 1 saturated heterocycles. The number of thioether (sulfide) groups is 1. The summed E-state index contributed by atoms with van der Waals surface area (Å²) in [5, 5.41) is 16.9. The van der Waals surface area contributed by atoms with Crippen molar-refractivity contribution >= 4 is 34.9 Å². The minimum Gasteiger partial charge on any atom is -0.457 e. The molecule has 1 heterocycles. The Bertz CT molecular complexity index is 1070. The largest absolute Gasteiger partial charge is 0.457 e. The number of carbonyl (C=O) groups is 1. The van der Waals surface area contributed by atoms with E-state index in [9.17, 15) is 9.90 Å². The van der Waals surface area contributed by atoms with Gasteiger partial charge in [-0.25, -0.2) is 0 Å². The zero-order valence-corrected chi connectivity index (χ0v) is 25.6. The summed E-state index contributed by atoms with van der Waals surface area (Å²) in [5.41, 5.74) is 0.360. The van der Waals surface area contributed by atoms with E-state index < -0.39 is 5.60 Å². The maximum absolute atomic E-state index is 13.5. The fraction of sp³-hybridized carbons (Fsp3) is 0.562. The van der Waals surface area contributed by atoms with Crippen molar-refractivity contribution in [1.29, 1.82) is 0 Å². The number of ether oxygens (including phenoxy) is 1. The molecule has 0 radical (unpaired) electrons. The number of nitrogens with zero attached hydrogens (tertiary/aromatic N) is 1. The first kappa shape index (κ1) is 30.8. The molecule has 2 aromatic carbocycles. The van der Waals surface area contributed by atoms with E-state index in [0.29, 0.717) is 24.5 Å². The first-order valence-corrected chi connectivity index (χ1v) is 16.3. The highest BCUT2D eigenvalue weighted by Crippen LogP contribution is 2.28. The van der Waals surface area contributed by atoms with Gasteiger partial charge in [0.15, 0.2) is 0 Å². The van der Waals surface area contributed by atoms with E-state index in [4.69, 9.17) is 17.0 Å². The Hall–Kier alpha value is -2.13. The number of benzene rings is 2. The highest BCUT2D eigenvalue weighted by atomic mass is 32.2. The summed E-state index contributed by atoms with van der Waals surface area (Å²) >= 11 is 7.65. The monoisotopic (exact) mass is 583 g/mol. The first-order valence-electron chi connectivity index (χ1n) is 14.7. The molecule has 1 aliphatic heterocycles. The molecule has 1 amide bonds. The molecule has 4 rings (SSSR count). The van der Waals surface area contributed by atoms with Gasteiger partial charge in [-0.3, -0.25) is 9.69 Å². The van der Waals surface area contributed by atoms with Crippen LogP contribution in [0.15, 0.2) is 54.6 Å². The van der Waals surface area contributed by atoms with Gasteiger partial charge < -0.3 is 20.5 Å². The molecule has 2 aromatic rings. The van der Waals surface area contributed by atoms with E-state index in [1.807, 2.05) is 68.4 Å². The molecular weight excluding hydrogens is 539 g/mol. The zero-order valence-electron chi connectivity index (χ0n) is 23.9. The Morgan fingerprint density at radius 1 is 1.10 bits per heavy atom. The second-order valence-corrected chi connectivity index (χ2v) is 13.2. The number of nitrogens with one attached hydrogen (secondary N) is 2. The molecule has 3 N–H and O–H groups in total. The summed E-state index contributed by atoms with van der Waals surface area (Å²) in [6.07, 6.45) is 9.09. The molecule has 2 atom stereocenters. The lowest BCUT2D eigenvalue weighted by molar-refractivity contribution is -0.125. The Labute approximate surface area is 249 Å². The molecule has 2 fully saturated rings. The molecule has 6 nitrogen and oxygen atoms in total. The van der Waals surface area contributed by atoms with Crippen LogP contribution in [0.5, 0.6) is 11.5 Å². The van der Waals surface area contributed by atoms with E-state index >= 15 is 0 Å². The number of para-hydroxylation sites is 1. The summed E-state index contributed by atoms with van der Waals surface area (Å²) in [7, 11) is 0. The third kappa shape index (κ3) is 10.1. The smallest absolute Gasteiger partial charge is 0.238 e. The third-order valence-electron chi connectivity index (χ3n) is 7.88. The molecule has 2 aliphatic rings. The quantitative estimate of drug-likeness (QED) is 0.240. The lowest BCUT2D eigenvalue weighted by Crippen LogP contribution is -2.52. The van der Waals surface area contributed by atoms with Crippen molar-refractivity contribution in [2.75, 3.05) is 18.2 Å². The van der Waals surface area contributed by atoms with Gasteiger partial charge in [-0.2, -0.15) is 0 Å². The van der Waals surface area contributed by atoms with Crippen LogP contribution in [0.1, 0.15) is 70.8 Å². The molecule has 8 heteroatoms. The lowest BCUT2D eigenvalue weighted by atomic mass is 9.85. The third-order valence-corrected chi connectivity index (χ3v) is 9.37. The van der Waals surface area contributed by atoms with E-state index in [-0.39, 0.29) is 18.0 Å². The van der Waals surface area contributed by atoms with Gasteiger partial charge in [-0.05, 0) is 68.9 Å². The summed E-state index contributed by atoms with van der Waals surface area (Å²) in [6, 6.07) is 17.4. The molecule has 1 saturated carbocycles.